The fourth-order valence-corrected chi connectivity index (χ4v) is 3.83. The highest BCUT2D eigenvalue weighted by molar-refractivity contribution is 9.10. The fourth-order valence-electron chi connectivity index (χ4n) is 1.10. The van der Waals surface area contributed by atoms with Gasteiger partial charge in [-0.3, -0.25) is 4.21 Å². The van der Waals surface area contributed by atoms with Crippen LogP contribution in [0.3, 0.4) is 0 Å². The number of sulfonamides is 1. The van der Waals surface area contributed by atoms with Crippen molar-refractivity contribution in [1.29, 1.82) is 0 Å². The molecule has 5 nitrogen and oxygen atoms in total. The maximum absolute atomic E-state index is 11.9. The Hall–Kier alpha value is -0.0200. The molecular weight excluding hydrogens is 364 g/mol. The summed E-state index contributed by atoms with van der Waals surface area (Å²) in [4.78, 5) is 3.65. The lowest BCUT2D eigenvalue weighted by atomic mass is 10.5. The van der Waals surface area contributed by atoms with Gasteiger partial charge in [-0.1, -0.05) is 18.5 Å². The van der Waals surface area contributed by atoms with Crippen molar-refractivity contribution in [3.05, 3.63) is 21.9 Å². The second kappa shape index (κ2) is 6.95. The van der Waals surface area contributed by atoms with E-state index in [-0.39, 0.29) is 22.3 Å². The third kappa shape index (κ3) is 4.58. The molecule has 0 spiro atoms. The first-order valence-electron chi connectivity index (χ1n) is 5.02. The highest BCUT2D eigenvalue weighted by atomic mass is 79.9. The molecule has 0 aliphatic heterocycles. The van der Waals surface area contributed by atoms with Gasteiger partial charge in [0.1, 0.15) is 10.0 Å². The van der Waals surface area contributed by atoms with Gasteiger partial charge in [0.25, 0.3) is 0 Å². The van der Waals surface area contributed by atoms with Crippen molar-refractivity contribution in [2.75, 3.05) is 18.1 Å². The molecule has 0 radical (unpaired) electrons. The topological polar surface area (TPSA) is 76.1 Å². The number of rotatable bonds is 6. The zero-order valence-corrected chi connectivity index (χ0v) is 13.5. The molecule has 1 aromatic heterocycles. The predicted octanol–water partition coefficient (Wildman–Crippen LogP) is 1.54. The van der Waals surface area contributed by atoms with Crippen LogP contribution in [0.2, 0.25) is 5.15 Å². The molecule has 1 heterocycles. The first-order valence-corrected chi connectivity index (χ1v) is 9.16. The van der Waals surface area contributed by atoms with Gasteiger partial charge in [-0.05, 0) is 22.0 Å². The number of nitrogens with one attached hydrogen (secondary N) is 1. The van der Waals surface area contributed by atoms with Crippen molar-refractivity contribution >= 4 is 48.4 Å². The second-order valence-corrected chi connectivity index (χ2v) is 8.15. The Balaban J connectivity index is 2.80. The summed E-state index contributed by atoms with van der Waals surface area (Å²) in [5.41, 5.74) is 0. The molecule has 18 heavy (non-hydrogen) atoms. The van der Waals surface area contributed by atoms with Crippen LogP contribution in [0, 0.1) is 0 Å². The van der Waals surface area contributed by atoms with E-state index in [0.717, 1.165) is 0 Å². The summed E-state index contributed by atoms with van der Waals surface area (Å²) in [6.07, 6.45) is 1.41. The van der Waals surface area contributed by atoms with E-state index in [2.05, 4.69) is 25.6 Å². The molecule has 0 saturated heterocycles. The van der Waals surface area contributed by atoms with Crippen LogP contribution in [0.25, 0.3) is 0 Å². The van der Waals surface area contributed by atoms with Gasteiger partial charge in [0.2, 0.25) is 10.0 Å². The van der Waals surface area contributed by atoms with E-state index in [1.54, 1.807) is 6.92 Å². The lowest BCUT2D eigenvalue weighted by Crippen LogP contribution is -2.28. The number of halogens is 2. The molecule has 0 saturated carbocycles. The van der Waals surface area contributed by atoms with E-state index in [0.29, 0.717) is 10.2 Å². The summed E-state index contributed by atoms with van der Waals surface area (Å²) in [6.45, 7) is 1.88. The molecule has 102 valence electrons. The predicted molar refractivity (Wildman–Crippen MR) is 75.7 cm³/mol. The van der Waals surface area contributed by atoms with E-state index < -0.39 is 20.8 Å². The average molecular weight is 376 g/mol. The molecule has 0 fully saturated rings. The largest absolute Gasteiger partial charge is 0.260 e. The summed E-state index contributed by atoms with van der Waals surface area (Å²) in [5, 5.41) is -0.0951. The number of nitrogens with zero attached hydrogens (tertiary/aromatic N) is 1. The van der Waals surface area contributed by atoms with Crippen LogP contribution in [0.4, 0.5) is 0 Å². The third-order valence-electron chi connectivity index (χ3n) is 2.01. The molecule has 1 unspecified atom stereocenters. The third-order valence-corrected chi connectivity index (χ3v) is 5.63. The van der Waals surface area contributed by atoms with Crippen LogP contribution >= 0.6 is 27.5 Å². The van der Waals surface area contributed by atoms with Crippen molar-refractivity contribution in [2.24, 2.45) is 0 Å². The molecule has 1 N–H and O–H groups in total. The van der Waals surface area contributed by atoms with E-state index in [9.17, 15) is 12.6 Å². The van der Waals surface area contributed by atoms with Gasteiger partial charge in [-0.25, -0.2) is 18.1 Å². The van der Waals surface area contributed by atoms with Crippen LogP contribution < -0.4 is 4.72 Å². The minimum Gasteiger partial charge on any atom is -0.260 e. The van der Waals surface area contributed by atoms with E-state index in [1.165, 1.54) is 12.3 Å². The van der Waals surface area contributed by atoms with Crippen molar-refractivity contribution in [1.82, 2.24) is 9.71 Å². The molecular formula is C9H12BrClN2O3S2. The lowest BCUT2D eigenvalue weighted by Gasteiger charge is -2.07. The Kier molecular flexibility index (Phi) is 6.19. The van der Waals surface area contributed by atoms with Crippen LogP contribution in [-0.2, 0) is 20.8 Å². The molecule has 0 aliphatic rings. The van der Waals surface area contributed by atoms with E-state index in [4.69, 9.17) is 11.6 Å². The highest BCUT2D eigenvalue weighted by Gasteiger charge is 2.19. The molecule has 1 rings (SSSR count). The van der Waals surface area contributed by atoms with Crippen LogP contribution in [0.1, 0.15) is 6.92 Å². The summed E-state index contributed by atoms with van der Waals surface area (Å²) >= 11 is 8.87. The zero-order valence-electron chi connectivity index (χ0n) is 9.52. The van der Waals surface area contributed by atoms with Gasteiger partial charge >= 0.3 is 0 Å². The van der Waals surface area contributed by atoms with Crippen molar-refractivity contribution in [3.63, 3.8) is 0 Å². The standard InChI is InChI=1S/C9H12BrClN2O3S2/c1-2-17(14)4-3-13-18(15,16)8-5-7(10)6-12-9(8)11/h5-6,13H,2-4H2,1H3. The minimum absolute atomic E-state index is 0.0951. The number of pyridine rings is 1. The molecule has 1 atom stereocenters. The lowest BCUT2D eigenvalue weighted by molar-refractivity contribution is 0.583. The van der Waals surface area contributed by atoms with Gasteiger partial charge in [0, 0.05) is 39.5 Å². The maximum Gasteiger partial charge on any atom is 0.243 e. The van der Waals surface area contributed by atoms with Crippen LogP contribution in [0.5, 0.6) is 0 Å². The average Bonchev–Trinajstić information content (AvgIpc) is 2.31. The van der Waals surface area contributed by atoms with Crippen molar-refractivity contribution in [3.8, 4) is 0 Å². The Morgan fingerprint density at radius 2 is 2.22 bits per heavy atom. The first kappa shape index (κ1) is 16.0. The monoisotopic (exact) mass is 374 g/mol. The van der Waals surface area contributed by atoms with Gasteiger partial charge in [0.05, 0.1) is 0 Å². The number of hydrogen-bond acceptors (Lipinski definition) is 4. The van der Waals surface area contributed by atoms with Crippen molar-refractivity contribution < 1.29 is 12.6 Å². The van der Waals surface area contributed by atoms with Gasteiger partial charge < -0.3 is 0 Å². The summed E-state index contributed by atoms with van der Waals surface area (Å²) in [6, 6.07) is 1.37. The van der Waals surface area contributed by atoms with Crippen LogP contribution in [0.15, 0.2) is 21.6 Å². The SMILES string of the molecule is CCS(=O)CCNS(=O)(=O)c1cc(Br)cnc1Cl. The van der Waals surface area contributed by atoms with E-state index in [1.807, 2.05) is 0 Å². The Morgan fingerprint density at radius 1 is 1.56 bits per heavy atom. The van der Waals surface area contributed by atoms with Crippen molar-refractivity contribution in [2.45, 2.75) is 11.8 Å². The summed E-state index contributed by atoms with van der Waals surface area (Å²) < 4.78 is 37.9. The normalized spacial score (nSPS) is 13.5. The second-order valence-electron chi connectivity index (χ2n) is 3.27. The Labute approximate surface area is 122 Å². The molecule has 0 amide bonds. The number of aromatic nitrogens is 1. The fraction of sp³-hybridized carbons (Fsp3) is 0.444. The highest BCUT2D eigenvalue weighted by Crippen LogP contribution is 2.22. The molecule has 0 aromatic carbocycles. The Morgan fingerprint density at radius 3 is 2.83 bits per heavy atom. The molecule has 9 heteroatoms. The maximum atomic E-state index is 11.9. The quantitative estimate of drug-likeness (QED) is 0.765. The molecule has 0 bridgehead atoms. The zero-order chi connectivity index (χ0) is 13.8. The van der Waals surface area contributed by atoms with Gasteiger partial charge in [0.15, 0.2) is 0 Å². The van der Waals surface area contributed by atoms with Gasteiger partial charge in [-0.15, -0.1) is 0 Å². The minimum atomic E-state index is -3.73. The van der Waals surface area contributed by atoms with Gasteiger partial charge in [-0.2, -0.15) is 0 Å². The first-order chi connectivity index (χ1) is 8.36. The van der Waals surface area contributed by atoms with Crippen LogP contribution in [-0.4, -0.2) is 35.7 Å². The number of hydrogen-bond donors (Lipinski definition) is 1. The molecule has 1 aromatic rings. The molecule has 0 aliphatic carbocycles. The summed E-state index contributed by atoms with van der Waals surface area (Å²) in [5.74, 6) is 0.774. The smallest absolute Gasteiger partial charge is 0.243 e. The van der Waals surface area contributed by atoms with E-state index >= 15 is 0 Å². The Bertz CT molecular complexity index is 551. The summed E-state index contributed by atoms with van der Waals surface area (Å²) in [7, 11) is -4.74.